The molecule has 1 N–H and O–H groups in total. The first-order chi connectivity index (χ1) is 5.83. The summed E-state index contributed by atoms with van der Waals surface area (Å²) in [6, 6.07) is 1.90. The van der Waals surface area contributed by atoms with E-state index in [9.17, 15) is 0 Å². The maximum absolute atomic E-state index is 5.33. The van der Waals surface area contributed by atoms with E-state index in [1.54, 1.807) is 0 Å². The van der Waals surface area contributed by atoms with Crippen molar-refractivity contribution < 1.29 is 4.52 Å². The molecule has 0 radical (unpaired) electrons. The van der Waals surface area contributed by atoms with Gasteiger partial charge in [0.1, 0.15) is 5.76 Å². The van der Waals surface area contributed by atoms with Gasteiger partial charge in [-0.3, -0.25) is 0 Å². The van der Waals surface area contributed by atoms with Gasteiger partial charge in [-0.2, -0.15) is 0 Å². The molecule has 0 saturated heterocycles. The van der Waals surface area contributed by atoms with E-state index in [4.69, 9.17) is 16.1 Å². The smallest absolute Gasteiger partial charge is 0.133 e. The van der Waals surface area contributed by atoms with Gasteiger partial charge in [0, 0.05) is 24.7 Å². The van der Waals surface area contributed by atoms with E-state index < -0.39 is 0 Å². The van der Waals surface area contributed by atoms with Crippen molar-refractivity contribution in [2.75, 3.05) is 6.54 Å². The SMILES string of the molecule is Cc1cc(CNC/C=C/Cl)no1. The Kier molecular flexibility index (Phi) is 3.84. The van der Waals surface area contributed by atoms with E-state index >= 15 is 0 Å². The lowest BCUT2D eigenvalue weighted by atomic mass is 10.4. The molecule has 0 aliphatic heterocycles. The topological polar surface area (TPSA) is 38.1 Å². The third kappa shape index (κ3) is 3.07. The minimum absolute atomic E-state index is 0.707. The Bertz CT molecular complexity index is 257. The van der Waals surface area contributed by atoms with Gasteiger partial charge in [0.25, 0.3) is 0 Å². The third-order valence-electron chi connectivity index (χ3n) is 1.33. The highest BCUT2D eigenvalue weighted by Gasteiger charge is 1.97. The molecule has 1 rings (SSSR count). The van der Waals surface area contributed by atoms with E-state index in [-0.39, 0.29) is 0 Å². The van der Waals surface area contributed by atoms with Crippen molar-refractivity contribution >= 4 is 11.6 Å². The Morgan fingerprint density at radius 1 is 1.75 bits per heavy atom. The van der Waals surface area contributed by atoms with Crippen molar-refractivity contribution in [2.45, 2.75) is 13.5 Å². The van der Waals surface area contributed by atoms with Gasteiger partial charge in [0.05, 0.1) is 5.69 Å². The molecule has 0 bridgehead atoms. The first-order valence-electron chi connectivity index (χ1n) is 3.71. The van der Waals surface area contributed by atoms with Crippen molar-refractivity contribution in [1.29, 1.82) is 0 Å². The van der Waals surface area contributed by atoms with E-state index in [2.05, 4.69) is 10.5 Å². The van der Waals surface area contributed by atoms with Crippen molar-refractivity contribution in [3.8, 4) is 0 Å². The minimum Gasteiger partial charge on any atom is -0.361 e. The minimum atomic E-state index is 0.707. The van der Waals surface area contributed by atoms with Crippen LogP contribution in [-0.2, 0) is 6.54 Å². The number of hydrogen-bond acceptors (Lipinski definition) is 3. The van der Waals surface area contributed by atoms with Crippen LogP contribution in [0.3, 0.4) is 0 Å². The largest absolute Gasteiger partial charge is 0.361 e. The fraction of sp³-hybridized carbons (Fsp3) is 0.375. The van der Waals surface area contributed by atoms with Crippen LogP contribution in [0.25, 0.3) is 0 Å². The zero-order valence-electron chi connectivity index (χ0n) is 6.88. The average molecular weight is 187 g/mol. The van der Waals surface area contributed by atoms with Crippen LogP contribution in [0.1, 0.15) is 11.5 Å². The molecule has 0 amide bonds. The summed E-state index contributed by atoms with van der Waals surface area (Å²) in [5.41, 5.74) is 2.40. The normalized spacial score (nSPS) is 11.2. The molecule has 12 heavy (non-hydrogen) atoms. The van der Waals surface area contributed by atoms with Crippen LogP contribution in [0.5, 0.6) is 0 Å². The predicted molar refractivity (Wildman–Crippen MR) is 47.9 cm³/mol. The highest BCUT2D eigenvalue weighted by atomic mass is 35.5. The summed E-state index contributed by atoms with van der Waals surface area (Å²) in [7, 11) is 0. The molecule has 1 heterocycles. The summed E-state index contributed by atoms with van der Waals surface area (Å²) in [4.78, 5) is 0. The van der Waals surface area contributed by atoms with Gasteiger partial charge in [-0.1, -0.05) is 22.8 Å². The number of aryl methyl sites for hydroxylation is 1. The molecule has 0 fully saturated rings. The highest BCUT2D eigenvalue weighted by Crippen LogP contribution is 1.99. The standard InChI is InChI=1S/C8H11ClN2O/c1-7-5-8(11-12-7)6-10-4-2-3-9/h2-3,5,10H,4,6H2,1H3/b3-2+. The summed E-state index contributed by atoms with van der Waals surface area (Å²) in [6.07, 6.45) is 1.83. The Morgan fingerprint density at radius 2 is 2.58 bits per heavy atom. The molecule has 0 saturated carbocycles. The lowest BCUT2D eigenvalue weighted by Gasteiger charge is -1.94. The lowest BCUT2D eigenvalue weighted by Crippen LogP contribution is -2.12. The average Bonchev–Trinajstić information content (AvgIpc) is 2.45. The molecule has 0 aromatic carbocycles. The van der Waals surface area contributed by atoms with Gasteiger partial charge in [0.15, 0.2) is 0 Å². The molecule has 0 atom stereocenters. The van der Waals surface area contributed by atoms with Gasteiger partial charge < -0.3 is 9.84 Å². The number of halogens is 1. The van der Waals surface area contributed by atoms with Crippen LogP contribution in [0.4, 0.5) is 0 Å². The Balaban J connectivity index is 2.24. The predicted octanol–water partition coefficient (Wildman–Crippen LogP) is 1.83. The quantitative estimate of drug-likeness (QED) is 0.730. The zero-order chi connectivity index (χ0) is 8.81. The summed E-state index contributed by atoms with van der Waals surface area (Å²) in [5.74, 6) is 0.833. The van der Waals surface area contributed by atoms with E-state index in [0.717, 1.165) is 18.0 Å². The Morgan fingerprint density at radius 3 is 3.17 bits per heavy atom. The second-order valence-corrected chi connectivity index (χ2v) is 2.67. The number of nitrogens with zero attached hydrogens (tertiary/aromatic N) is 1. The monoisotopic (exact) mass is 186 g/mol. The molecule has 1 aromatic heterocycles. The maximum Gasteiger partial charge on any atom is 0.133 e. The van der Waals surface area contributed by atoms with Crippen LogP contribution in [0.15, 0.2) is 22.2 Å². The molecule has 0 unspecified atom stereocenters. The molecular weight excluding hydrogens is 176 g/mol. The molecule has 0 aliphatic carbocycles. The van der Waals surface area contributed by atoms with E-state index in [1.807, 2.05) is 19.1 Å². The second-order valence-electron chi connectivity index (χ2n) is 2.42. The number of nitrogens with one attached hydrogen (secondary N) is 1. The van der Waals surface area contributed by atoms with Crippen LogP contribution in [-0.4, -0.2) is 11.7 Å². The number of hydrogen-bond donors (Lipinski definition) is 1. The zero-order valence-corrected chi connectivity index (χ0v) is 7.64. The van der Waals surface area contributed by atoms with Crippen molar-refractivity contribution in [3.63, 3.8) is 0 Å². The molecule has 0 spiro atoms. The fourth-order valence-corrected chi connectivity index (χ4v) is 0.918. The summed E-state index contributed by atoms with van der Waals surface area (Å²) in [5, 5.41) is 6.94. The maximum atomic E-state index is 5.33. The Labute approximate surface area is 76.4 Å². The lowest BCUT2D eigenvalue weighted by molar-refractivity contribution is 0.388. The van der Waals surface area contributed by atoms with E-state index in [0.29, 0.717) is 6.54 Å². The number of aromatic nitrogens is 1. The van der Waals surface area contributed by atoms with E-state index in [1.165, 1.54) is 5.54 Å². The molecule has 4 heteroatoms. The number of rotatable bonds is 4. The highest BCUT2D eigenvalue weighted by molar-refractivity contribution is 6.25. The van der Waals surface area contributed by atoms with Gasteiger partial charge in [-0.25, -0.2) is 0 Å². The van der Waals surface area contributed by atoms with Crippen LogP contribution >= 0.6 is 11.6 Å². The first-order valence-corrected chi connectivity index (χ1v) is 4.14. The molecular formula is C8H11ClN2O. The molecule has 0 aliphatic rings. The van der Waals surface area contributed by atoms with Crippen LogP contribution < -0.4 is 5.32 Å². The summed E-state index contributed by atoms with van der Waals surface area (Å²) >= 11 is 5.33. The van der Waals surface area contributed by atoms with Gasteiger partial charge in [0.2, 0.25) is 0 Å². The summed E-state index contributed by atoms with van der Waals surface area (Å²) < 4.78 is 4.89. The summed E-state index contributed by atoms with van der Waals surface area (Å²) in [6.45, 7) is 3.32. The van der Waals surface area contributed by atoms with Gasteiger partial charge in [-0.05, 0) is 6.92 Å². The van der Waals surface area contributed by atoms with Crippen molar-refractivity contribution in [3.05, 3.63) is 29.1 Å². The molecule has 1 aromatic rings. The van der Waals surface area contributed by atoms with Crippen molar-refractivity contribution in [2.24, 2.45) is 0 Å². The van der Waals surface area contributed by atoms with Gasteiger partial charge in [-0.15, -0.1) is 0 Å². The molecule has 3 nitrogen and oxygen atoms in total. The van der Waals surface area contributed by atoms with Crippen LogP contribution in [0.2, 0.25) is 0 Å². The van der Waals surface area contributed by atoms with Crippen LogP contribution in [0, 0.1) is 6.92 Å². The Hall–Kier alpha value is -0.800. The first kappa shape index (κ1) is 9.29. The third-order valence-corrected chi connectivity index (χ3v) is 1.51. The molecule has 66 valence electrons. The fourth-order valence-electron chi connectivity index (χ4n) is 0.829. The van der Waals surface area contributed by atoms with Crippen molar-refractivity contribution in [1.82, 2.24) is 10.5 Å². The second kappa shape index (κ2) is 4.95. The van der Waals surface area contributed by atoms with Gasteiger partial charge >= 0.3 is 0 Å².